The van der Waals surface area contributed by atoms with E-state index in [1.165, 1.54) is 29.1 Å². The lowest BCUT2D eigenvalue weighted by Gasteiger charge is -2.06. The zero-order chi connectivity index (χ0) is 12.4. The normalized spacial score (nSPS) is 10.2. The second kappa shape index (κ2) is 4.21. The van der Waals surface area contributed by atoms with E-state index in [0.29, 0.717) is 5.82 Å². The molecule has 0 atom stereocenters. The number of hydrogen-bond acceptors (Lipinski definition) is 3. The average Bonchev–Trinajstić information content (AvgIpc) is 2.74. The van der Waals surface area contributed by atoms with Gasteiger partial charge in [0.25, 0.3) is 5.91 Å². The molecule has 0 radical (unpaired) electrons. The lowest BCUT2D eigenvalue weighted by Crippen LogP contribution is -2.16. The number of imidazole rings is 1. The maximum Gasteiger partial charge on any atom is 0.336 e. The van der Waals surface area contributed by atoms with Gasteiger partial charge in [-0.3, -0.25) is 9.36 Å². The van der Waals surface area contributed by atoms with Gasteiger partial charge in [0.15, 0.2) is 0 Å². The molecule has 1 N–H and O–H groups in total. The van der Waals surface area contributed by atoms with Crippen molar-refractivity contribution in [1.29, 1.82) is 0 Å². The second-order valence-electron chi connectivity index (χ2n) is 3.50. The number of carbonyl (C=O) groups excluding carboxylic acids is 1. The second-order valence-corrected chi connectivity index (χ2v) is 3.50. The molecule has 0 bridgehead atoms. The summed E-state index contributed by atoms with van der Waals surface area (Å²) in [4.78, 5) is 27.0. The molecule has 0 saturated carbocycles. The molecule has 5 nitrogen and oxygen atoms in total. The molecule has 17 heavy (non-hydrogen) atoms. The minimum atomic E-state index is -1.12. The summed E-state index contributed by atoms with van der Waals surface area (Å²) < 4.78 is 1.32. The third kappa shape index (κ3) is 1.94. The van der Waals surface area contributed by atoms with Crippen LogP contribution in [-0.4, -0.2) is 26.5 Å². The van der Waals surface area contributed by atoms with Gasteiger partial charge in [0.2, 0.25) is 0 Å². The van der Waals surface area contributed by atoms with Crippen LogP contribution in [0.15, 0.2) is 36.7 Å². The molecule has 0 aliphatic rings. The Morgan fingerprint density at radius 1 is 1.24 bits per heavy atom. The molecule has 0 aliphatic carbocycles. The standard InChI is InChI=1S/C12H10N2O3/c1-8-13-6-7-14(8)11(15)9-4-2-3-5-10(9)12(16)17/h2-7H,1H3,(H,16,17). The first kappa shape index (κ1) is 11.1. The minimum absolute atomic E-state index is 0.00870. The molecule has 2 aromatic rings. The van der Waals surface area contributed by atoms with E-state index < -0.39 is 11.9 Å². The molecule has 0 aliphatic heterocycles. The van der Waals surface area contributed by atoms with Gasteiger partial charge >= 0.3 is 5.97 Å². The molecule has 1 aromatic carbocycles. The van der Waals surface area contributed by atoms with Gasteiger partial charge in [-0.25, -0.2) is 9.78 Å². The lowest BCUT2D eigenvalue weighted by atomic mass is 10.1. The van der Waals surface area contributed by atoms with Crippen LogP contribution in [0.3, 0.4) is 0 Å². The molecule has 0 amide bonds. The Balaban J connectivity index is 2.52. The number of rotatable bonds is 2. The van der Waals surface area contributed by atoms with Crippen molar-refractivity contribution in [2.45, 2.75) is 6.92 Å². The summed E-state index contributed by atoms with van der Waals surface area (Å²) in [5, 5.41) is 9.00. The van der Waals surface area contributed by atoms with Crippen LogP contribution in [0.5, 0.6) is 0 Å². The van der Waals surface area contributed by atoms with E-state index in [9.17, 15) is 9.59 Å². The number of aromatic nitrogens is 2. The van der Waals surface area contributed by atoms with Crippen molar-refractivity contribution in [2.24, 2.45) is 0 Å². The molecule has 5 heteroatoms. The number of aryl methyl sites for hydroxylation is 1. The van der Waals surface area contributed by atoms with Gasteiger partial charge in [0, 0.05) is 12.4 Å². The van der Waals surface area contributed by atoms with E-state index in [0.717, 1.165) is 0 Å². The number of benzene rings is 1. The third-order valence-corrected chi connectivity index (χ3v) is 2.43. The zero-order valence-corrected chi connectivity index (χ0v) is 9.12. The van der Waals surface area contributed by atoms with Gasteiger partial charge < -0.3 is 5.11 Å². The Bertz CT molecular complexity index is 587. The summed E-state index contributed by atoms with van der Waals surface area (Å²) in [6.07, 6.45) is 3.01. The van der Waals surface area contributed by atoms with Gasteiger partial charge in [-0.15, -0.1) is 0 Å². The fraction of sp³-hybridized carbons (Fsp3) is 0.0833. The number of carboxylic acid groups (broad SMARTS) is 1. The van der Waals surface area contributed by atoms with Crippen molar-refractivity contribution in [2.75, 3.05) is 0 Å². The monoisotopic (exact) mass is 230 g/mol. The summed E-state index contributed by atoms with van der Waals surface area (Å²) >= 11 is 0. The topological polar surface area (TPSA) is 72.2 Å². The average molecular weight is 230 g/mol. The van der Waals surface area contributed by atoms with Crippen molar-refractivity contribution in [3.8, 4) is 0 Å². The first-order chi connectivity index (χ1) is 8.11. The van der Waals surface area contributed by atoms with E-state index in [1.54, 1.807) is 19.1 Å². The Hall–Kier alpha value is -2.43. The highest BCUT2D eigenvalue weighted by molar-refractivity contribution is 6.05. The van der Waals surface area contributed by atoms with E-state index in [4.69, 9.17) is 5.11 Å². The smallest absolute Gasteiger partial charge is 0.336 e. The van der Waals surface area contributed by atoms with Crippen LogP contribution >= 0.6 is 0 Å². The number of carbonyl (C=O) groups is 2. The Labute approximate surface area is 97.3 Å². The third-order valence-electron chi connectivity index (χ3n) is 2.43. The van der Waals surface area contributed by atoms with Crippen LogP contribution < -0.4 is 0 Å². The van der Waals surface area contributed by atoms with Crippen molar-refractivity contribution < 1.29 is 14.7 Å². The molecule has 2 rings (SSSR count). The van der Waals surface area contributed by atoms with Gasteiger partial charge in [0.05, 0.1) is 11.1 Å². The van der Waals surface area contributed by atoms with Gasteiger partial charge in [-0.05, 0) is 19.1 Å². The zero-order valence-electron chi connectivity index (χ0n) is 9.12. The fourth-order valence-electron chi connectivity index (χ4n) is 1.58. The molecule has 0 fully saturated rings. The summed E-state index contributed by atoms with van der Waals surface area (Å²) in [6.45, 7) is 1.68. The lowest BCUT2D eigenvalue weighted by molar-refractivity contribution is 0.0691. The molecule has 0 spiro atoms. The number of aromatic carboxylic acids is 1. The van der Waals surface area contributed by atoms with E-state index in [-0.39, 0.29) is 11.1 Å². The van der Waals surface area contributed by atoms with Gasteiger partial charge in [0.1, 0.15) is 5.82 Å². The molecule has 1 heterocycles. The van der Waals surface area contributed by atoms with E-state index in [2.05, 4.69) is 4.98 Å². The Kier molecular flexibility index (Phi) is 2.74. The van der Waals surface area contributed by atoms with Crippen LogP contribution in [0, 0.1) is 6.92 Å². The van der Waals surface area contributed by atoms with Gasteiger partial charge in [-0.2, -0.15) is 0 Å². The Morgan fingerprint density at radius 2 is 1.88 bits per heavy atom. The van der Waals surface area contributed by atoms with Crippen LogP contribution in [0.25, 0.3) is 0 Å². The summed E-state index contributed by atoms with van der Waals surface area (Å²) in [6, 6.07) is 6.11. The number of nitrogens with zero attached hydrogens (tertiary/aromatic N) is 2. The van der Waals surface area contributed by atoms with Crippen LogP contribution in [0.2, 0.25) is 0 Å². The highest BCUT2D eigenvalue weighted by atomic mass is 16.4. The predicted molar refractivity (Wildman–Crippen MR) is 60.1 cm³/mol. The number of carboxylic acids is 1. The molecule has 0 saturated heterocycles. The first-order valence-electron chi connectivity index (χ1n) is 4.98. The minimum Gasteiger partial charge on any atom is -0.478 e. The number of hydrogen-bond donors (Lipinski definition) is 1. The molecule has 0 unspecified atom stereocenters. The maximum absolute atomic E-state index is 12.1. The first-order valence-corrected chi connectivity index (χ1v) is 4.98. The molecular weight excluding hydrogens is 220 g/mol. The SMILES string of the molecule is Cc1nccn1C(=O)c1ccccc1C(=O)O. The van der Waals surface area contributed by atoms with Crippen molar-refractivity contribution in [1.82, 2.24) is 9.55 Å². The summed E-state index contributed by atoms with van der Waals surface area (Å²) in [7, 11) is 0. The maximum atomic E-state index is 12.1. The fourth-order valence-corrected chi connectivity index (χ4v) is 1.58. The van der Waals surface area contributed by atoms with Crippen molar-refractivity contribution in [3.63, 3.8) is 0 Å². The van der Waals surface area contributed by atoms with Crippen molar-refractivity contribution in [3.05, 3.63) is 53.6 Å². The Morgan fingerprint density at radius 3 is 2.41 bits per heavy atom. The quantitative estimate of drug-likeness (QED) is 0.850. The molecule has 86 valence electrons. The van der Waals surface area contributed by atoms with E-state index in [1.807, 2.05) is 0 Å². The summed E-state index contributed by atoms with van der Waals surface area (Å²) in [5.41, 5.74) is 0.145. The van der Waals surface area contributed by atoms with Crippen LogP contribution in [-0.2, 0) is 0 Å². The molecular formula is C12H10N2O3. The van der Waals surface area contributed by atoms with Gasteiger partial charge in [-0.1, -0.05) is 12.1 Å². The predicted octanol–water partition coefficient (Wildman–Crippen LogP) is 1.58. The van der Waals surface area contributed by atoms with Crippen LogP contribution in [0.4, 0.5) is 0 Å². The van der Waals surface area contributed by atoms with E-state index >= 15 is 0 Å². The van der Waals surface area contributed by atoms with Crippen molar-refractivity contribution >= 4 is 11.9 Å². The summed E-state index contributed by atoms with van der Waals surface area (Å²) in [5.74, 6) is -0.986. The van der Waals surface area contributed by atoms with Crippen LogP contribution in [0.1, 0.15) is 26.5 Å². The largest absolute Gasteiger partial charge is 0.478 e. The highest BCUT2D eigenvalue weighted by Gasteiger charge is 2.17. The highest BCUT2D eigenvalue weighted by Crippen LogP contribution is 2.11. The molecule has 1 aromatic heterocycles.